The Morgan fingerprint density at radius 2 is 1.86 bits per heavy atom. The van der Waals surface area contributed by atoms with Gasteiger partial charge >= 0.3 is 0 Å². The third kappa shape index (κ3) is 3.96. The lowest BCUT2D eigenvalue weighted by atomic mass is 10.0. The quantitative estimate of drug-likeness (QED) is 0.690. The molecule has 0 spiro atoms. The van der Waals surface area contributed by atoms with Gasteiger partial charge in [-0.25, -0.2) is 0 Å². The Labute approximate surface area is 164 Å². The normalized spacial score (nSPS) is 14.6. The van der Waals surface area contributed by atoms with E-state index in [-0.39, 0.29) is 18.4 Å². The minimum Gasteiger partial charge on any atom is -0.490 e. The molecule has 0 atom stereocenters. The van der Waals surface area contributed by atoms with E-state index in [0.717, 1.165) is 40.6 Å². The average Bonchev–Trinajstić information content (AvgIpc) is 2.75. The van der Waals surface area contributed by atoms with Gasteiger partial charge in [-0.3, -0.25) is 9.78 Å². The lowest BCUT2D eigenvalue weighted by Gasteiger charge is -2.31. The van der Waals surface area contributed by atoms with Crippen molar-refractivity contribution in [1.29, 1.82) is 5.26 Å². The van der Waals surface area contributed by atoms with Crippen LogP contribution >= 0.6 is 0 Å². The van der Waals surface area contributed by atoms with Crippen molar-refractivity contribution in [3.05, 3.63) is 60.8 Å². The monoisotopic (exact) mass is 371 g/mol. The van der Waals surface area contributed by atoms with E-state index in [1.165, 1.54) is 0 Å². The number of carbonyl (C=O) groups is 1. The van der Waals surface area contributed by atoms with Gasteiger partial charge in [0.1, 0.15) is 18.3 Å². The molecule has 1 amide bonds. The van der Waals surface area contributed by atoms with Crippen molar-refractivity contribution >= 4 is 16.8 Å². The molecule has 4 rings (SSSR count). The molecule has 28 heavy (non-hydrogen) atoms. The fourth-order valence-corrected chi connectivity index (χ4v) is 3.55. The van der Waals surface area contributed by atoms with Crippen LogP contribution in [0.25, 0.3) is 22.0 Å². The van der Waals surface area contributed by atoms with Crippen molar-refractivity contribution in [3.8, 4) is 22.9 Å². The first-order chi connectivity index (χ1) is 13.7. The first kappa shape index (κ1) is 18.0. The summed E-state index contributed by atoms with van der Waals surface area (Å²) < 4.78 is 6.09. The Kier molecular flexibility index (Phi) is 5.20. The van der Waals surface area contributed by atoms with E-state index in [4.69, 9.17) is 10.00 Å². The molecular formula is C23H21N3O2. The molecular weight excluding hydrogens is 350 g/mol. The first-order valence-corrected chi connectivity index (χ1v) is 9.49. The van der Waals surface area contributed by atoms with Crippen LogP contribution in [0.3, 0.4) is 0 Å². The van der Waals surface area contributed by atoms with E-state index in [1.807, 2.05) is 54.7 Å². The van der Waals surface area contributed by atoms with E-state index < -0.39 is 0 Å². The first-order valence-electron chi connectivity index (χ1n) is 9.49. The molecule has 0 saturated carbocycles. The zero-order valence-corrected chi connectivity index (χ0v) is 15.5. The van der Waals surface area contributed by atoms with E-state index in [2.05, 4.69) is 17.1 Å². The number of amides is 1. The van der Waals surface area contributed by atoms with Crippen LogP contribution < -0.4 is 4.74 Å². The van der Waals surface area contributed by atoms with Gasteiger partial charge in [0.25, 0.3) is 0 Å². The van der Waals surface area contributed by atoms with E-state index >= 15 is 0 Å². The van der Waals surface area contributed by atoms with Crippen LogP contribution in [0.15, 0.2) is 60.8 Å². The number of rotatable bonds is 4. The van der Waals surface area contributed by atoms with Gasteiger partial charge in [0.2, 0.25) is 5.91 Å². The summed E-state index contributed by atoms with van der Waals surface area (Å²) in [5.41, 5.74) is 3.17. The fourth-order valence-electron chi connectivity index (χ4n) is 3.55. The van der Waals surface area contributed by atoms with Crippen molar-refractivity contribution < 1.29 is 9.53 Å². The Morgan fingerprint density at radius 3 is 2.61 bits per heavy atom. The summed E-state index contributed by atoms with van der Waals surface area (Å²) >= 11 is 0. The second-order valence-corrected chi connectivity index (χ2v) is 6.97. The molecule has 3 aromatic rings. The minimum absolute atomic E-state index is 0.0450. The van der Waals surface area contributed by atoms with Crippen molar-refractivity contribution in [2.24, 2.45) is 0 Å². The summed E-state index contributed by atoms with van der Waals surface area (Å²) in [6.07, 6.45) is 3.52. The number of aromatic nitrogens is 1. The lowest BCUT2D eigenvalue weighted by Crippen LogP contribution is -2.41. The molecule has 0 N–H and O–H groups in total. The SMILES string of the molecule is N#CCC(=O)N1CCC(Oc2ccc(-c3cnc4ccccc4c3)cc2)CC1. The number of piperidine rings is 1. The Morgan fingerprint density at radius 1 is 1.11 bits per heavy atom. The maximum atomic E-state index is 11.8. The van der Waals surface area contributed by atoms with Crippen LogP contribution in [0.2, 0.25) is 0 Å². The number of fused-ring (bicyclic) bond motifs is 1. The highest BCUT2D eigenvalue weighted by Gasteiger charge is 2.23. The highest BCUT2D eigenvalue weighted by atomic mass is 16.5. The number of likely N-dealkylation sites (tertiary alicyclic amines) is 1. The molecule has 1 aromatic heterocycles. The highest BCUT2D eigenvalue weighted by molar-refractivity contribution is 5.83. The number of benzene rings is 2. The molecule has 1 fully saturated rings. The zero-order chi connectivity index (χ0) is 19.3. The maximum Gasteiger partial charge on any atom is 0.236 e. The highest BCUT2D eigenvalue weighted by Crippen LogP contribution is 2.26. The summed E-state index contributed by atoms with van der Waals surface area (Å²) in [4.78, 5) is 18.0. The van der Waals surface area contributed by atoms with Crippen molar-refractivity contribution in [2.75, 3.05) is 13.1 Å². The van der Waals surface area contributed by atoms with E-state index in [1.54, 1.807) is 4.90 Å². The van der Waals surface area contributed by atoms with Crippen molar-refractivity contribution in [2.45, 2.75) is 25.4 Å². The summed E-state index contributed by atoms with van der Waals surface area (Å²) in [5, 5.41) is 9.77. The number of pyridine rings is 1. The predicted molar refractivity (Wildman–Crippen MR) is 108 cm³/mol. The molecule has 2 heterocycles. The molecule has 5 heteroatoms. The molecule has 0 unspecified atom stereocenters. The van der Waals surface area contributed by atoms with Crippen LogP contribution in [-0.4, -0.2) is 35.0 Å². The Balaban J connectivity index is 1.38. The molecule has 2 aromatic carbocycles. The van der Waals surface area contributed by atoms with Crippen LogP contribution in [0.1, 0.15) is 19.3 Å². The number of nitrogens with zero attached hydrogens (tertiary/aromatic N) is 3. The van der Waals surface area contributed by atoms with Crippen LogP contribution in [0, 0.1) is 11.3 Å². The Bertz CT molecular complexity index is 1020. The summed E-state index contributed by atoms with van der Waals surface area (Å²) in [7, 11) is 0. The summed E-state index contributed by atoms with van der Waals surface area (Å²) in [6.45, 7) is 1.29. The largest absolute Gasteiger partial charge is 0.490 e. The van der Waals surface area contributed by atoms with Crippen LogP contribution in [-0.2, 0) is 4.79 Å². The third-order valence-corrected chi connectivity index (χ3v) is 5.11. The maximum absolute atomic E-state index is 11.8. The molecule has 0 radical (unpaired) electrons. The molecule has 0 bridgehead atoms. The number of para-hydroxylation sites is 1. The molecule has 1 aliphatic heterocycles. The van der Waals surface area contributed by atoms with E-state index in [0.29, 0.717) is 13.1 Å². The number of nitriles is 1. The van der Waals surface area contributed by atoms with Crippen molar-refractivity contribution in [3.63, 3.8) is 0 Å². The van der Waals surface area contributed by atoms with Crippen LogP contribution in [0.4, 0.5) is 0 Å². The number of carbonyl (C=O) groups excluding carboxylic acids is 1. The van der Waals surface area contributed by atoms with Gasteiger partial charge < -0.3 is 9.64 Å². The minimum atomic E-state index is -0.0886. The molecule has 0 aliphatic carbocycles. The topological polar surface area (TPSA) is 66.2 Å². The van der Waals surface area contributed by atoms with Gasteiger partial charge in [0, 0.05) is 43.1 Å². The van der Waals surface area contributed by atoms with Gasteiger partial charge in [-0.15, -0.1) is 0 Å². The number of ether oxygens (including phenoxy) is 1. The molecule has 140 valence electrons. The van der Waals surface area contributed by atoms with Gasteiger partial charge in [0.15, 0.2) is 0 Å². The van der Waals surface area contributed by atoms with E-state index in [9.17, 15) is 4.79 Å². The van der Waals surface area contributed by atoms with Gasteiger partial charge in [-0.05, 0) is 29.8 Å². The van der Waals surface area contributed by atoms with Crippen molar-refractivity contribution in [1.82, 2.24) is 9.88 Å². The van der Waals surface area contributed by atoms with Gasteiger partial charge in [0.05, 0.1) is 11.6 Å². The van der Waals surface area contributed by atoms with Crippen LogP contribution in [0.5, 0.6) is 5.75 Å². The lowest BCUT2D eigenvalue weighted by molar-refractivity contribution is -0.131. The van der Waals surface area contributed by atoms with Gasteiger partial charge in [-0.2, -0.15) is 5.26 Å². The number of hydrogen-bond donors (Lipinski definition) is 0. The molecule has 1 saturated heterocycles. The Hall–Kier alpha value is -3.39. The molecule has 5 nitrogen and oxygen atoms in total. The average molecular weight is 371 g/mol. The molecule has 1 aliphatic rings. The third-order valence-electron chi connectivity index (χ3n) is 5.11. The van der Waals surface area contributed by atoms with Gasteiger partial charge in [-0.1, -0.05) is 30.3 Å². The predicted octanol–water partition coefficient (Wildman–Crippen LogP) is 4.19. The second-order valence-electron chi connectivity index (χ2n) is 6.97. The zero-order valence-electron chi connectivity index (χ0n) is 15.5. The second kappa shape index (κ2) is 8.10. The summed E-state index contributed by atoms with van der Waals surface area (Å²) in [6, 6.07) is 20.2. The fraction of sp³-hybridized carbons (Fsp3) is 0.261. The number of hydrogen-bond acceptors (Lipinski definition) is 4. The standard InChI is InChI=1S/C23H21N3O2/c24-12-9-23(27)26-13-10-21(11-14-26)28-20-7-5-17(6-8-20)19-15-18-3-1-2-4-22(18)25-16-19/h1-8,15-16,21H,9-11,13-14H2. The smallest absolute Gasteiger partial charge is 0.236 e. The summed E-state index contributed by atoms with van der Waals surface area (Å²) in [5.74, 6) is 0.744.